The third-order valence-corrected chi connectivity index (χ3v) is 5.89. The number of amides is 1. The average Bonchev–Trinajstić information content (AvgIpc) is 2.71. The molecule has 1 fully saturated rings. The Bertz CT molecular complexity index is 795. The van der Waals surface area contributed by atoms with Crippen LogP contribution in [0.15, 0.2) is 24.3 Å². The third-order valence-electron chi connectivity index (χ3n) is 5.89. The summed E-state index contributed by atoms with van der Waals surface area (Å²) in [6.45, 7) is 4.58. The van der Waals surface area contributed by atoms with Crippen LogP contribution in [-0.2, 0) is 14.3 Å². The van der Waals surface area contributed by atoms with Gasteiger partial charge in [-0.05, 0) is 32.6 Å². The molecular formula is C22H31N3O5. The minimum Gasteiger partial charge on any atom is -0.481 e. The fraction of sp³-hybridized carbons (Fsp3) is 0.545. The van der Waals surface area contributed by atoms with Crippen LogP contribution in [0.5, 0.6) is 0 Å². The van der Waals surface area contributed by atoms with Crippen LogP contribution in [0.25, 0.3) is 0 Å². The largest absolute Gasteiger partial charge is 0.481 e. The summed E-state index contributed by atoms with van der Waals surface area (Å²) in [6.07, 6.45) is 0.884. The first kappa shape index (κ1) is 23.5. The Morgan fingerprint density at radius 1 is 1.20 bits per heavy atom. The molecule has 1 aliphatic heterocycles. The lowest BCUT2D eigenvalue weighted by atomic mass is 9.80. The third kappa shape index (κ3) is 5.66. The van der Waals surface area contributed by atoms with Gasteiger partial charge in [-0.2, -0.15) is 0 Å². The number of carbonyl (C=O) groups is 3. The molecule has 1 unspecified atom stereocenters. The number of Topliss-reactive ketones (excluding diaryl/α,β-unsaturated/α-hetero) is 1. The van der Waals surface area contributed by atoms with Crippen molar-refractivity contribution >= 4 is 23.5 Å². The van der Waals surface area contributed by atoms with Crippen molar-refractivity contribution in [2.45, 2.75) is 45.6 Å². The fourth-order valence-corrected chi connectivity index (χ4v) is 3.89. The maximum Gasteiger partial charge on any atom is 0.303 e. The minimum atomic E-state index is -0.913. The number of hydrogen-bond acceptors (Lipinski definition) is 5. The van der Waals surface area contributed by atoms with Gasteiger partial charge in [-0.25, -0.2) is 0 Å². The van der Waals surface area contributed by atoms with Crippen molar-refractivity contribution in [1.82, 2.24) is 4.90 Å². The summed E-state index contributed by atoms with van der Waals surface area (Å²) in [5.74, 6) is -1.04. The first-order chi connectivity index (χ1) is 14.1. The summed E-state index contributed by atoms with van der Waals surface area (Å²) >= 11 is 0. The zero-order valence-electron chi connectivity index (χ0n) is 17.8. The second-order valence-corrected chi connectivity index (χ2v) is 8.40. The van der Waals surface area contributed by atoms with Gasteiger partial charge >= 0.3 is 5.97 Å². The number of ether oxygens (including phenoxy) is 1. The van der Waals surface area contributed by atoms with E-state index in [1.165, 1.54) is 7.11 Å². The van der Waals surface area contributed by atoms with E-state index >= 15 is 0 Å². The second kappa shape index (κ2) is 9.84. The number of ketones is 1. The van der Waals surface area contributed by atoms with Crippen molar-refractivity contribution in [2.75, 3.05) is 20.2 Å². The number of nitrogens with zero attached hydrogens (tertiary/aromatic N) is 1. The maximum atomic E-state index is 13.2. The molecule has 0 saturated carbocycles. The average molecular weight is 418 g/mol. The highest BCUT2D eigenvalue weighted by Crippen LogP contribution is 2.31. The highest BCUT2D eigenvalue weighted by Gasteiger charge is 2.41. The molecule has 1 aromatic carbocycles. The lowest BCUT2D eigenvalue weighted by molar-refractivity contribution is -0.149. The molecule has 0 spiro atoms. The van der Waals surface area contributed by atoms with Crippen molar-refractivity contribution < 1.29 is 24.2 Å². The maximum absolute atomic E-state index is 13.2. The summed E-state index contributed by atoms with van der Waals surface area (Å²) in [5, 5.41) is 16.4. The van der Waals surface area contributed by atoms with Gasteiger partial charge in [-0.3, -0.25) is 19.8 Å². The summed E-state index contributed by atoms with van der Waals surface area (Å²) in [4.78, 5) is 38.6. The first-order valence-corrected chi connectivity index (χ1v) is 10.1. The van der Waals surface area contributed by atoms with Crippen LogP contribution in [0, 0.1) is 16.7 Å². The number of likely N-dealkylation sites (tertiary alicyclic amines) is 1. The number of hydrogen-bond donors (Lipinski definition) is 3. The van der Waals surface area contributed by atoms with Gasteiger partial charge in [0.05, 0.1) is 11.5 Å². The fourth-order valence-electron chi connectivity index (χ4n) is 3.89. The van der Waals surface area contributed by atoms with Gasteiger partial charge in [0, 0.05) is 44.2 Å². The second-order valence-electron chi connectivity index (χ2n) is 8.40. The van der Waals surface area contributed by atoms with Crippen molar-refractivity contribution in [1.29, 1.82) is 5.41 Å². The van der Waals surface area contributed by atoms with Crippen molar-refractivity contribution in [3.05, 3.63) is 35.4 Å². The SMILES string of the molecule is COC(CC(=O)c1ccc(C(=N)N)cc1)C(C)(C)C(=O)N1CCC(CC(=O)O)CC1. The Balaban J connectivity index is 2.03. The highest BCUT2D eigenvalue weighted by molar-refractivity contribution is 5.99. The van der Waals surface area contributed by atoms with Crippen molar-refractivity contribution in [2.24, 2.45) is 17.1 Å². The van der Waals surface area contributed by atoms with Gasteiger partial charge < -0.3 is 20.5 Å². The molecule has 1 aromatic rings. The molecule has 0 radical (unpaired) electrons. The van der Waals surface area contributed by atoms with E-state index in [1.807, 2.05) is 0 Å². The molecule has 1 amide bonds. The van der Waals surface area contributed by atoms with E-state index in [9.17, 15) is 14.4 Å². The summed E-state index contributed by atoms with van der Waals surface area (Å²) in [7, 11) is 1.49. The van der Waals surface area contributed by atoms with E-state index in [-0.39, 0.29) is 36.3 Å². The predicted octanol–water partition coefficient (Wildman–Crippen LogP) is 2.30. The normalized spacial score (nSPS) is 16.2. The molecule has 0 aliphatic carbocycles. The number of amidine groups is 1. The monoisotopic (exact) mass is 417 g/mol. The number of piperidine rings is 1. The van der Waals surface area contributed by atoms with Crippen LogP contribution in [0.2, 0.25) is 0 Å². The lowest BCUT2D eigenvalue weighted by Crippen LogP contribution is -2.50. The lowest BCUT2D eigenvalue weighted by Gasteiger charge is -2.39. The van der Waals surface area contributed by atoms with Crippen LogP contribution in [0.3, 0.4) is 0 Å². The van der Waals surface area contributed by atoms with E-state index in [0.717, 1.165) is 0 Å². The quantitative estimate of drug-likeness (QED) is 0.321. The molecule has 1 saturated heterocycles. The van der Waals surface area contributed by atoms with Crippen molar-refractivity contribution in [3.63, 3.8) is 0 Å². The molecule has 2 rings (SSSR count). The van der Waals surface area contributed by atoms with Crippen LogP contribution < -0.4 is 5.73 Å². The zero-order valence-corrected chi connectivity index (χ0v) is 17.8. The van der Waals surface area contributed by atoms with Gasteiger partial charge in [-0.15, -0.1) is 0 Å². The minimum absolute atomic E-state index is 0.0458. The number of rotatable bonds is 9. The Hall–Kier alpha value is -2.74. The molecule has 1 atom stereocenters. The molecule has 0 aromatic heterocycles. The molecule has 4 N–H and O–H groups in total. The highest BCUT2D eigenvalue weighted by atomic mass is 16.5. The van der Waals surface area contributed by atoms with E-state index in [2.05, 4.69) is 0 Å². The van der Waals surface area contributed by atoms with E-state index < -0.39 is 17.5 Å². The number of carboxylic acid groups (broad SMARTS) is 1. The summed E-state index contributed by atoms with van der Waals surface area (Å²) < 4.78 is 5.55. The van der Waals surface area contributed by atoms with Crippen LogP contribution in [0.4, 0.5) is 0 Å². The predicted molar refractivity (Wildman–Crippen MR) is 113 cm³/mol. The van der Waals surface area contributed by atoms with Crippen LogP contribution in [0.1, 0.15) is 55.5 Å². The van der Waals surface area contributed by atoms with Gasteiger partial charge in [0.1, 0.15) is 5.84 Å². The number of aliphatic carboxylic acids is 1. The number of carbonyl (C=O) groups excluding carboxylic acids is 2. The Morgan fingerprint density at radius 2 is 1.73 bits per heavy atom. The standard InChI is InChI=1S/C22H31N3O5/c1-22(2,21(29)25-10-8-14(9-11-25)12-19(27)28)18(30-3)13-17(26)15-4-6-16(7-5-15)20(23)24/h4-7,14,18H,8-13H2,1-3H3,(H3,23,24)(H,27,28). The number of nitrogens with one attached hydrogen (secondary N) is 1. The van der Waals surface area contributed by atoms with Gasteiger partial charge in [0.15, 0.2) is 5.78 Å². The van der Waals surface area contributed by atoms with Gasteiger partial charge in [0.2, 0.25) is 5.91 Å². The number of carboxylic acids is 1. The first-order valence-electron chi connectivity index (χ1n) is 10.1. The zero-order chi connectivity index (χ0) is 22.5. The van der Waals surface area contributed by atoms with Gasteiger partial charge in [-0.1, -0.05) is 24.3 Å². The summed E-state index contributed by atoms with van der Waals surface area (Å²) in [6, 6.07) is 6.48. The molecule has 30 heavy (non-hydrogen) atoms. The van der Waals surface area contributed by atoms with E-state index in [0.29, 0.717) is 37.1 Å². The molecule has 1 aliphatic rings. The molecule has 1 heterocycles. The smallest absolute Gasteiger partial charge is 0.303 e. The molecule has 8 heteroatoms. The van der Waals surface area contributed by atoms with Crippen molar-refractivity contribution in [3.8, 4) is 0 Å². The summed E-state index contributed by atoms with van der Waals surface area (Å²) in [5.41, 5.74) is 5.54. The van der Waals surface area contributed by atoms with Crippen LogP contribution >= 0.6 is 0 Å². The van der Waals surface area contributed by atoms with E-state index in [1.54, 1.807) is 43.0 Å². The Labute approximate surface area is 176 Å². The van der Waals surface area contributed by atoms with E-state index in [4.69, 9.17) is 21.0 Å². The number of benzene rings is 1. The Kier molecular flexibility index (Phi) is 7.72. The molecule has 0 bridgehead atoms. The number of methoxy groups -OCH3 is 1. The number of nitrogens with two attached hydrogens (primary N) is 1. The Morgan fingerprint density at radius 3 is 2.20 bits per heavy atom. The molecular weight excluding hydrogens is 386 g/mol. The molecule has 8 nitrogen and oxygen atoms in total. The van der Waals surface area contributed by atoms with Crippen LogP contribution in [-0.4, -0.2) is 59.8 Å². The topological polar surface area (TPSA) is 134 Å². The molecule has 164 valence electrons. The number of nitrogen functional groups attached to an aromatic ring is 1. The van der Waals surface area contributed by atoms with Gasteiger partial charge in [0.25, 0.3) is 0 Å².